The molecule has 110 valence electrons. The van der Waals surface area contributed by atoms with Crippen molar-refractivity contribution in [2.24, 2.45) is 11.8 Å². The monoisotopic (exact) mass is 299 g/mol. The molecule has 0 aromatic carbocycles. The predicted molar refractivity (Wildman–Crippen MR) is 86.1 cm³/mol. The lowest BCUT2D eigenvalue weighted by Crippen LogP contribution is -2.28. The molecule has 21 heavy (non-hydrogen) atoms. The molecule has 4 heteroatoms. The topological polar surface area (TPSA) is 19.4 Å². The van der Waals surface area contributed by atoms with Crippen LogP contribution in [0, 0.1) is 11.8 Å². The molecule has 0 amide bonds. The molecule has 0 radical (unpaired) electrons. The van der Waals surface area contributed by atoms with Crippen LogP contribution in [0.2, 0.25) is 0 Å². The van der Waals surface area contributed by atoms with E-state index in [0.717, 1.165) is 24.9 Å². The summed E-state index contributed by atoms with van der Waals surface area (Å²) in [4.78, 5) is 11.0. The SMILES string of the molecule is c1cncc(CN2C[C@@H]3CN(Cc4cccs4)C[C@@H]3C2)c1. The van der Waals surface area contributed by atoms with Crippen LogP contribution in [-0.2, 0) is 13.1 Å². The first kappa shape index (κ1) is 13.4. The van der Waals surface area contributed by atoms with Crippen molar-refractivity contribution in [2.75, 3.05) is 26.2 Å². The number of thiophene rings is 1. The first-order chi connectivity index (χ1) is 10.4. The highest BCUT2D eigenvalue weighted by atomic mass is 32.1. The summed E-state index contributed by atoms with van der Waals surface area (Å²) >= 11 is 1.88. The number of nitrogens with zero attached hydrogens (tertiary/aromatic N) is 3. The zero-order chi connectivity index (χ0) is 14.1. The number of fused-ring (bicyclic) bond motifs is 1. The minimum absolute atomic E-state index is 0.863. The van der Waals surface area contributed by atoms with Gasteiger partial charge in [-0.2, -0.15) is 0 Å². The minimum Gasteiger partial charge on any atom is -0.298 e. The molecule has 0 N–H and O–H groups in total. The number of hydrogen-bond donors (Lipinski definition) is 0. The second-order valence-corrected chi connectivity index (χ2v) is 7.38. The summed E-state index contributed by atoms with van der Waals surface area (Å²) in [6, 6.07) is 8.64. The summed E-state index contributed by atoms with van der Waals surface area (Å²) in [5.74, 6) is 1.73. The fraction of sp³-hybridized carbons (Fsp3) is 0.471. The maximum Gasteiger partial charge on any atom is 0.0328 e. The van der Waals surface area contributed by atoms with Crippen LogP contribution in [-0.4, -0.2) is 41.0 Å². The van der Waals surface area contributed by atoms with Gasteiger partial charge in [0.05, 0.1) is 0 Å². The third-order valence-electron chi connectivity index (χ3n) is 4.73. The largest absolute Gasteiger partial charge is 0.298 e. The van der Waals surface area contributed by atoms with Gasteiger partial charge in [-0.05, 0) is 34.9 Å². The van der Waals surface area contributed by atoms with Gasteiger partial charge in [-0.3, -0.25) is 14.8 Å². The second kappa shape index (κ2) is 5.87. The molecule has 3 nitrogen and oxygen atoms in total. The Balaban J connectivity index is 1.31. The highest BCUT2D eigenvalue weighted by Gasteiger charge is 2.39. The standard InChI is InChI=1S/C17H21N3S/c1-3-14(7-18-5-1)8-19-9-15-11-20(12-16(15)10-19)13-17-4-2-6-21-17/h1-7,15-16H,8-13H2/t15-,16+. The summed E-state index contributed by atoms with van der Waals surface area (Å²) in [7, 11) is 0. The molecule has 0 aliphatic carbocycles. The van der Waals surface area contributed by atoms with Gasteiger partial charge in [0.1, 0.15) is 0 Å². The maximum absolute atomic E-state index is 4.22. The fourth-order valence-electron chi connectivity index (χ4n) is 3.82. The second-order valence-electron chi connectivity index (χ2n) is 6.35. The Hall–Kier alpha value is -1.23. The molecule has 0 saturated carbocycles. The average Bonchev–Trinajstić information content (AvgIpc) is 3.17. The van der Waals surface area contributed by atoms with E-state index < -0.39 is 0 Å². The van der Waals surface area contributed by atoms with Crippen molar-refractivity contribution >= 4 is 11.3 Å². The van der Waals surface area contributed by atoms with Gasteiger partial charge in [-0.25, -0.2) is 0 Å². The maximum atomic E-state index is 4.22. The normalized spacial score (nSPS) is 26.3. The van der Waals surface area contributed by atoms with Crippen LogP contribution in [0.5, 0.6) is 0 Å². The molecule has 0 spiro atoms. The molecular weight excluding hydrogens is 278 g/mol. The van der Waals surface area contributed by atoms with Gasteiger partial charge in [-0.1, -0.05) is 12.1 Å². The molecular formula is C17H21N3S. The van der Waals surface area contributed by atoms with Crippen molar-refractivity contribution < 1.29 is 0 Å². The van der Waals surface area contributed by atoms with E-state index >= 15 is 0 Å². The van der Waals surface area contributed by atoms with Crippen LogP contribution in [0.15, 0.2) is 42.0 Å². The highest BCUT2D eigenvalue weighted by molar-refractivity contribution is 7.09. The Kier molecular flexibility index (Phi) is 3.76. The van der Waals surface area contributed by atoms with Gasteiger partial charge in [0, 0.05) is 56.5 Å². The summed E-state index contributed by atoms with van der Waals surface area (Å²) in [6.07, 6.45) is 3.85. The van der Waals surface area contributed by atoms with Crippen molar-refractivity contribution in [3.05, 3.63) is 52.5 Å². The number of rotatable bonds is 4. The van der Waals surface area contributed by atoms with Gasteiger partial charge < -0.3 is 0 Å². The summed E-state index contributed by atoms with van der Waals surface area (Å²) in [6.45, 7) is 7.25. The van der Waals surface area contributed by atoms with Gasteiger partial charge in [-0.15, -0.1) is 11.3 Å². The van der Waals surface area contributed by atoms with Gasteiger partial charge in [0.15, 0.2) is 0 Å². The van der Waals surface area contributed by atoms with E-state index in [4.69, 9.17) is 0 Å². The lowest BCUT2D eigenvalue weighted by atomic mass is 10.0. The predicted octanol–water partition coefficient (Wildman–Crippen LogP) is 2.71. The van der Waals surface area contributed by atoms with E-state index in [1.807, 2.05) is 29.8 Å². The Labute approximate surface area is 130 Å². The molecule has 2 aliphatic rings. The Bertz CT molecular complexity index is 555. The molecule has 2 aliphatic heterocycles. The third kappa shape index (κ3) is 3.03. The van der Waals surface area contributed by atoms with Crippen LogP contribution < -0.4 is 0 Å². The molecule has 2 atom stereocenters. The average molecular weight is 299 g/mol. The molecule has 2 saturated heterocycles. The van der Waals surface area contributed by atoms with Crippen LogP contribution in [0.1, 0.15) is 10.4 Å². The Morgan fingerprint density at radius 1 is 1.00 bits per heavy atom. The van der Waals surface area contributed by atoms with Gasteiger partial charge >= 0.3 is 0 Å². The zero-order valence-corrected chi connectivity index (χ0v) is 13.0. The van der Waals surface area contributed by atoms with Crippen LogP contribution in [0.4, 0.5) is 0 Å². The van der Waals surface area contributed by atoms with Crippen molar-refractivity contribution in [3.8, 4) is 0 Å². The highest BCUT2D eigenvalue weighted by Crippen LogP contribution is 2.32. The van der Waals surface area contributed by atoms with Gasteiger partial charge in [0.2, 0.25) is 0 Å². The zero-order valence-electron chi connectivity index (χ0n) is 12.2. The Morgan fingerprint density at radius 3 is 2.38 bits per heavy atom. The lowest BCUT2D eigenvalue weighted by molar-refractivity contribution is 0.247. The number of aromatic nitrogens is 1. The van der Waals surface area contributed by atoms with Gasteiger partial charge in [0.25, 0.3) is 0 Å². The quantitative estimate of drug-likeness (QED) is 0.865. The molecule has 2 fully saturated rings. The van der Waals surface area contributed by atoms with Crippen molar-refractivity contribution in [3.63, 3.8) is 0 Å². The summed E-state index contributed by atoms with van der Waals surface area (Å²) < 4.78 is 0. The van der Waals surface area contributed by atoms with E-state index in [9.17, 15) is 0 Å². The van der Waals surface area contributed by atoms with Crippen LogP contribution in [0.3, 0.4) is 0 Å². The lowest BCUT2D eigenvalue weighted by Gasteiger charge is -2.20. The summed E-state index contributed by atoms with van der Waals surface area (Å²) in [5, 5.41) is 2.18. The molecule has 4 heterocycles. The van der Waals surface area contributed by atoms with E-state index in [0.29, 0.717) is 0 Å². The third-order valence-corrected chi connectivity index (χ3v) is 5.59. The van der Waals surface area contributed by atoms with Crippen molar-refractivity contribution in [1.82, 2.24) is 14.8 Å². The summed E-state index contributed by atoms with van der Waals surface area (Å²) in [5.41, 5.74) is 1.34. The molecule has 0 unspecified atom stereocenters. The van der Waals surface area contributed by atoms with Crippen molar-refractivity contribution in [2.45, 2.75) is 13.1 Å². The van der Waals surface area contributed by atoms with E-state index in [1.165, 1.54) is 36.6 Å². The number of likely N-dealkylation sites (tertiary alicyclic amines) is 2. The molecule has 2 aromatic rings. The van der Waals surface area contributed by atoms with E-state index in [2.05, 4.69) is 38.4 Å². The molecule has 2 aromatic heterocycles. The van der Waals surface area contributed by atoms with E-state index in [1.54, 1.807) is 0 Å². The van der Waals surface area contributed by atoms with Crippen LogP contribution >= 0.6 is 11.3 Å². The van der Waals surface area contributed by atoms with Crippen LogP contribution in [0.25, 0.3) is 0 Å². The first-order valence-corrected chi connectivity index (χ1v) is 8.61. The minimum atomic E-state index is 0.863. The Morgan fingerprint density at radius 2 is 1.76 bits per heavy atom. The molecule has 0 bridgehead atoms. The van der Waals surface area contributed by atoms with E-state index in [-0.39, 0.29) is 0 Å². The number of pyridine rings is 1. The fourth-order valence-corrected chi connectivity index (χ4v) is 4.56. The molecule has 4 rings (SSSR count). The van der Waals surface area contributed by atoms with Crippen molar-refractivity contribution in [1.29, 1.82) is 0 Å². The first-order valence-electron chi connectivity index (χ1n) is 7.73. The number of hydrogen-bond acceptors (Lipinski definition) is 4. The smallest absolute Gasteiger partial charge is 0.0328 e.